The maximum absolute atomic E-state index is 10.1. The van der Waals surface area contributed by atoms with Crippen LogP contribution in [0.5, 0.6) is 5.75 Å². The van der Waals surface area contributed by atoms with Crippen molar-refractivity contribution in [3.05, 3.63) is 66.2 Å². The summed E-state index contributed by atoms with van der Waals surface area (Å²) in [5.74, 6) is 0.337. The van der Waals surface area contributed by atoms with Crippen molar-refractivity contribution in [2.45, 2.75) is 6.92 Å². The fourth-order valence-corrected chi connectivity index (χ4v) is 2.29. The third-order valence-electron chi connectivity index (χ3n) is 3.25. The van der Waals surface area contributed by atoms with E-state index in [-0.39, 0.29) is 0 Å². The van der Waals surface area contributed by atoms with Crippen LogP contribution in [-0.2, 0) is 0 Å². The molecule has 0 fully saturated rings. The van der Waals surface area contributed by atoms with Gasteiger partial charge in [-0.15, -0.1) is 0 Å². The molecule has 3 aromatic rings. The molecular weight excluding hydrogens is 220 g/mol. The lowest BCUT2D eigenvalue weighted by molar-refractivity contribution is 0.482. The minimum Gasteiger partial charge on any atom is -0.507 e. The summed E-state index contributed by atoms with van der Waals surface area (Å²) in [7, 11) is 0. The number of phenolic OH excluding ortho intramolecular Hbond substituents is 1. The first-order valence-corrected chi connectivity index (χ1v) is 6.03. The monoisotopic (exact) mass is 234 g/mol. The zero-order valence-corrected chi connectivity index (χ0v) is 10.2. The summed E-state index contributed by atoms with van der Waals surface area (Å²) in [5, 5.41) is 12.1. The van der Waals surface area contributed by atoms with E-state index in [2.05, 4.69) is 31.2 Å². The largest absolute Gasteiger partial charge is 0.507 e. The Hall–Kier alpha value is -2.28. The van der Waals surface area contributed by atoms with E-state index in [1.54, 1.807) is 6.07 Å². The lowest BCUT2D eigenvalue weighted by Crippen LogP contribution is -1.82. The van der Waals surface area contributed by atoms with Gasteiger partial charge in [-0.25, -0.2) is 0 Å². The molecule has 1 heteroatoms. The maximum Gasteiger partial charge on any atom is 0.124 e. The van der Waals surface area contributed by atoms with Crippen LogP contribution in [-0.4, -0.2) is 5.11 Å². The Morgan fingerprint density at radius 2 is 1.44 bits per heavy atom. The summed E-state index contributed by atoms with van der Waals surface area (Å²) in [6, 6.07) is 20.1. The standard InChI is InChI=1S/C17H14O/c1-12-8-10-13(11-9-12)15-6-2-4-14-5-3-7-16(18)17(14)15/h2-11,18H,1H3. The fourth-order valence-electron chi connectivity index (χ4n) is 2.29. The molecule has 0 saturated carbocycles. The van der Waals surface area contributed by atoms with Crippen LogP contribution in [0.4, 0.5) is 0 Å². The lowest BCUT2D eigenvalue weighted by Gasteiger charge is -2.08. The highest BCUT2D eigenvalue weighted by atomic mass is 16.3. The Labute approximate surface area is 106 Å². The molecule has 3 aromatic carbocycles. The zero-order valence-electron chi connectivity index (χ0n) is 10.2. The average Bonchev–Trinajstić information content (AvgIpc) is 2.39. The summed E-state index contributed by atoms with van der Waals surface area (Å²) < 4.78 is 0. The minimum atomic E-state index is 0.337. The van der Waals surface area contributed by atoms with Crippen LogP contribution in [0.2, 0.25) is 0 Å². The van der Waals surface area contributed by atoms with Gasteiger partial charge in [0.25, 0.3) is 0 Å². The van der Waals surface area contributed by atoms with E-state index in [0.29, 0.717) is 5.75 Å². The van der Waals surface area contributed by atoms with Crippen molar-refractivity contribution in [2.75, 3.05) is 0 Å². The smallest absolute Gasteiger partial charge is 0.124 e. The molecule has 0 aliphatic carbocycles. The van der Waals surface area contributed by atoms with Crippen molar-refractivity contribution in [3.63, 3.8) is 0 Å². The number of rotatable bonds is 1. The van der Waals surface area contributed by atoms with Crippen molar-refractivity contribution < 1.29 is 5.11 Å². The Bertz CT molecular complexity index is 691. The maximum atomic E-state index is 10.1. The number of aromatic hydroxyl groups is 1. The molecule has 0 heterocycles. The van der Waals surface area contributed by atoms with E-state index >= 15 is 0 Å². The zero-order chi connectivity index (χ0) is 12.5. The van der Waals surface area contributed by atoms with Crippen LogP contribution in [0.15, 0.2) is 60.7 Å². The topological polar surface area (TPSA) is 20.2 Å². The molecule has 0 amide bonds. The third-order valence-corrected chi connectivity index (χ3v) is 3.25. The Morgan fingerprint density at radius 1 is 0.778 bits per heavy atom. The van der Waals surface area contributed by atoms with Crippen LogP contribution in [0.3, 0.4) is 0 Å². The summed E-state index contributed by atoms with van der Waals surface area (Å²) in [6.45, 7) is 2.07. The molecule has 3 rings (SSSR count). The predicted molar refractivity (Wildman–Crippen MR) is 75.8 cm³/mol. The second-order valence-electron chi connectivity index (χ2n) is 4.55. The van der Waals surface area contributed by atoms with Crippen molar-refractivity contribution in [3.8, 4) is 16.9 Å². The molecule has 0 bridgehead atoms. The number of hydrogen-bond acceptors (Lipinski definition) is 1. The molecule has 0 unspecified atom stereocenters. The summed E-state index contributed by atoms with van der Waals surface area (Å²) in [4.78, 5) is 0. The van der Waals surface area contributed by atoms with Crippen molar-refractivity contribution in [1.82, 2.24) is 0 Å². The highest BCUT2D eigenvalue weighted by Crippen LogP contribution is 2.34. The van der Waals surface area contributed by atoms with Gasteiger partial charge in [0, 0.05) is 5.39 Å². The Kier molecular flexibility index (Phi) is 2.52. The van der Waals surface area contributed by atoms with E-state index in [1.165, 1.54) is 5.56 Å². The van der Waals surface area contributed by atoms with Crippen LogP contribution in [0, 0.1) is 6.92 Å². The molecule has 0 aliphatic heterocycles. The Morgan fingerprint density at radius 3 is 2.17 bits per heavy atom. The second-order valence-corrected chi connectivity index (χ2v) is 4.55. The average molecular weight is 234 g/mol. The molecule has 0 aromatic heterocycles. The van der Waals surface area contributed by atoms with Gasteiger partial charge in [0.15, 0.2) is 0 Å². The number of hydrogen-bond donors (Lipinski definition) is 1. The summed E-state index contributed by atoms with van der Waals surface area (Å²) in [5.41, 5.74) is 3.45. The molecular formula is C17H14O. The molecule has 0 radical (unpaired) electrons. The quantitative estimate of drug-likeness (QED) is 0.656. The van der Waals surface area contributed by atoms with Crippen molar-refractivity contribution >= 4 is 10.8 Å². The van der Waals surface area contributed by atoms with Gasteiger partial charge in [0.1, 0.15) is 5.75 Å². The number of fused-ring (bicyclic) bond motifs is 1. The molecule has 0 atom stereocenters. The molecule has 18 heavy (non-hydrogen) atoms. The van der Waals surface area contributed by atoms with Gasteiger partial charge in [-0.05, 0) is 29.5 Å². The second kappa shape index (κ2) is 4.19. The molecule has 1 N–H and O–H groups in total. The lowest BCUT2D eigenvalue weighted by atomic mass is 9.97. The van der Waals surface area contributed by atoms with E-state index in [0.717, 1.165) is 21.9 Å². The third kappa shape index (κ3) is 1.74. The normalized spacial score (nSPS) is 10.7. The van der Waals surface area contributed by atoms with E-state index in [4.69, 9.17) is 0 Å². The summed E-state index contributed by atoms with van der Waals surface area (Å²) >= 11 is 0. The molecule has 0 aliphatic rings. The first-order chi connectivity index (χ1) is 8.75. The van der Waals surface area contributed by atoms with Crippen LogP contribution < -0.4 is 0 Å². The van der Waals surface area contributed by atoms with Crippen LogP contribution in [0.1, 0.15) is 5.56 Å². The number of aryl methyl sites for hydroxylation is 1. The first kappa shape index (κ1) is 10.8. The van der Waals surface area contributed by atoms with E-state index in [1.807, 2.05) is 30.3 Å². The highest BCUT2D eigenvalue weighted by Gasteiger charge is 2.06. The predicted octanol–water partition coefficient (Wildman–Crippen LogP) is 4.52. The number of phenols is 1. The van der Waals surface area contributed by atoms with Gasteiger partial charge in [0.2, 0.25) is 0 Å². The van der Waals surface area contributed by atoms with Crippen LogP contribution in [0.25, 0.3) is 21.9 Å². The fraction of sp³-hybridized carbons (Fsp3) is 0.0588. The molecule has 0 saturated heterocycles. The van der Waals surface area contributed by atoms with Gasteiger partial charge in [-0.2, -0.15) is 0 Å². The highest BCUT2D eigenvalue weighted by molar-refractivity contribution is 6.00. The van der Waals surface area contributed by atoms with Crippen molar-refractivity contribution in [2.24, 2.45) is 0 Å². The first-order valence-electron chi connectivity index (χ1n) is 6.03. The number of benzene rings is 3. The van der Waals surface area contributed by atoms with E-state index < -0.39 is 0 Å². The van der Waals surface area contributed by atoms with Gasteiger partial charge in [0.05, 0.1) is 0 Å². The molecule has 88 valence electrons. The summed E-state index contributed by atoms with van der Waals surface area (Å²) in [6.07, 6.45) is 0. The molecule has 1 nitrogen and oxygen atoms in total. The molecule has 0 spiro atoms. The van der Waals surface area contributed by atoms with Gasteiger partial charge < -0.3 is 5.11 Å². The van der Waals surface area contributed by atoms with Crippen LogP contribution >= 0.6 is 0 Å². The van der Waals surface area contributed by atoms with E-state index in [9.17, 15) is 5.11 Å². The van der Waals surface area contributed by atoms with Gasteiger partial charge in [-0.1, -0.05) is 60.2 Å². The van der Waals surface area contributed by atoms with Gasteiger partial charge in [-0.3, -0.25) is 0 Å². The Balaban J connectivity index is 2.32. The van der Waals surface area contributed by atoms with Gasteiger partial charge >= 0.3 is 0 Å². The van der Waals surface area contributed by atoms with Crippen molar-refractivity contribution in [1.29, 1.82) is 0 Å². The SMILES string of the molecule is Cc1ccc(-c2cccc3cccc(O)c23)cc1. The minimum absolute atomic E-state index is 0.337.